The van der Waals surface area contributed by atoms with Gasteiger partial charge in [-0.15, -0.1) is 0 Å². The van der Waals surface area contributed by atoms with Crippen molar-refractivity contribution < 1.29 is 0 Å². The Morgan fingerprint density at radius 3 is 3.00 bits per heavy atom. The summed E-state index contributed by atoms with van der Waals surface area (Å²) in [6.45, 7) is 3.16. The van der Waals surface area contributed by atoms with Crippen LogP contribution >= 0.6 is 12.2 Å². The fourth-order valence-corrected chi connectivity index (χ4v) is 2.28. The van der Waals surface area contributed by atoms with Crippen molar-refractivity contribution >= 4 is 28.0 Å². The molecule has 0 amide bonds. The monoisotopic (exact) mass is 284 g/mol. The van der Waals surface area contributed by atoms with E-state index in [0.29, 0.717) is 12.2 Å². The van der Waals surface area contributed by atoms with Gasteiger partial charge in [-0.05, 0) is 36.8 Å². The minimum atomic E-state index is 0.579. The van der Waals surface area contributed by atoms with Gasteiger partial charge in [-0.25, -0.2) is 0 Å². The van der Waals surface area contributed by atoms with Gasteiger partial charge in [0, 0.05) is 34.6 Å². The quantitative estimate of drug-likeness (QED) is 0.582. The Bertz CT molecular complexity index is 702. The Balaban J connectivity index is 1.98. The molecule has 2 rings (SSSR count). The number of allylic oxidation sites excluding steroid dienone is 1. The summed E-state index contributed by atoms with van der Waals surface area (Å²) < 4.78 is 0. The lowest BCUT2D eigenvalue weighted by atomic mass is 10.1. The van der Waals surface area contributed by atoms with E-state index < -0.39 is 0 Å². The van der Waals surface area contributed by atoms with Crippen LogP contribution in [0.25, 0.3) is 10.9 Å². The number of rotatable bonds is 5. The Morgan fingerprint density at radius 1 is 1.50 bits per heavy atom. The molecule has 0 saturated carbocycles. The SMILES string of the molecule is CC(N)=CC(=S)CNCc1ccc2[nH]c(C#N)cc2c1. The van der Waals surface area contributed by atoms with Crippen LogP contribution in [-0.4, -0.2) is 16.4 Å². The van der Waals surface area contributed by atoms with Crippen molar-refractivity contribution in [3.05, 3.63) is 47.3 Å². The molecule has 102 valence electrons. The Morgan fingerprint density at radius 2 is 2.30 bits per heavy atom. The van der Waals surface area contributed by atoms with E-state index in [4.69, 9.17) is 23.2 Å². The second-order valence-electron chi connectivity index (χ2n) is 4.67. The third kappa shape index (κ3) is 3.67. The molecule has 0 aliphatic rings. The van der Waals surface area contributed by atoms with Crippen molar-refractivity contribution in [1.29, 1.82) is 5.26 Å². The van der Waals surface area contributed by atoms with Crippen molar-refractivity contribution in [1.82, 2.24) is 10.3 Å². The van der Waals surface area contributed by atoms with Crippen LogP contribution in [0.1, 0.15) is 18.2 Å². The van der Waals surface area contributed by atoms with Crippen LogP contribution in [0.4, 0.5) is 0 Å². The van der Waals surface area contributed by atoms with Gasteiger partial charge in [-0.3, -0.25) is 0 Å². The van der Waals surface area contributed by atoms with E-state index in [-0.39, 0.29) is 0 Å². The van der Waals surface area contributed by atoms with Crippen molar-refractivity contribution in [3.8, 4) is 6.07 Å². The van der Waals surface area contributed by atoms with Crippen LogP contribution in [0.3, 0.4) is 0 Å². The second-order valence-corrected chi connectivity index (χ2v) is 5.20. The summed E-state index contributed by atoms with van der Waals surface area (Å²) in [6.07, 6.45) is 1.79. The summed E-state index contributed by atoms with van der Waals surface area (Å²) in [5.41, 5.74) is 8.99. The first-order valence-electron chi connectivity index (χ1n) is 6.27. The Kier molecular flexibility index (Phi) is 4.51. The van der Waals surface area contributed by atoms with E-state index >= 15 is 0 Å². The molecule has 0 aliphatic carbocycles. The second kappa shape index (κ2) is 6.33. The highest BCUT2D eigenvalue weighted by atomic mass is 32.1. The van der Waals surface area contributed by atoms with Crippen molar-refractivity contribution in [2.24, 2.45) is 5.73 Å². The van der Waals surface area contributed by atoms with Crippen LogP contribution < -0.4 is 11.1 Å². The van der Waals surface area contributed by atoms with Gasteiger partial charge < -0.3 is 16.0 Å². The maximum atomic E-state index is 8.86. The lowest BCUT2D eigenvalue weighted by Crippen LogP contribution is -2.20. The normalized spacial score (nSPS) is 11.5. The highest BCUT2D eigenvalue weighted by Gasteiger charge is 2.01. The Labute approximate surface area is 123 Å². The van der Waals surface area contributed by atoms with Crippen molar-refractivity contribution in [2.45, 2.75) is 13.5 Å². The maximum Gasteiger partial charge on any atom is 0.118 e. The first-order chi connectivity index (χ1) is 9.58. The largest absolute Gasteiger partial charge is 0.402 e. The van der Waals surface area contributed by atoms with Crippen LogP contribution in [0, 0.1) is 11.3 Å². The van der Waals surface area contributed by atoms with E-state index in [1.807, 2.05) is 25.1 Å². The van der Waals surface area contributed by atoms with E-state index in [1.165, 1.54) is 0 Å². The molecule has 20 heavy (non-hydrogen) atoms. The number of thiocarbonyl (C=S) groups is 1. The van der Waals surface area contributed by atoms with Crippen LogP contribution in [0.15, 0.2) is 36.0 Å². The number of hydrogen-bond acceptors (Lipinski definition) is 4. The average Bonchev–Trinajstić information content (AvgIpc) is 2.80. The molecule has 4 N–H and O–H groups in total. The molecule has 0 radical (unpaired) electrons. The standard InChI is InChI=1S/C15H16N4S/c1-10(17)4-14(20)9-18-8-11-2-3-15-12(5-11)6-13(7-16)19-15/h2-6,18-19H,8-9,17H2,1H3. The molecule has 1 aromatic heterocycles. The highest BCUT2D eigenvalue weighted by Crippen LogP contribution is 2.16. The fraction of sp³-hybridized carbons (Fsp3) is 0.200. The number of nitrogens with one attached hydrogen (secondary N) is 2. The predicted octanol–water partition coefficient (Wildman–Crippen LogP) is 2.36. The molecule has 5 heteroatoms. The molecule has 0 fully saturated rings. The highest BCUT2D eigenvalue weighted by molar-refractivity contribution is 7.80. The van der Waals surface area contributed by atoms with Gasteiger partial charge in [-0.2, -0.15) is 5.26 Å². The molecule has 0 saturated heterocycles. The topological polar surface area (TPSA) is 77.6 Å². The molecule has 1 aromatic carbocycles. The van der Waals surface area contributed by atoms with E-state index in [1.54, 1.807) is 6.08 Å². The molecule has 0 spiro atoms. The molecular formula is C15H16N4S. The summed E-state index contributed by atoms with van der Waals surface area (Å²) in [5, 5.41) is 13.2. The number of nitriles is 1. The molecule has 4 nitrogen and oxygen atoms in total. The maximum absolute atomic E-state index is 8.86. The van der Waals surface area contributed by atoms with Crippen LogP contribution in [0.2, 0.25) is 0 Å². The van der Waals surface area contributed by atoms with Crippen LogP contribution in [0.5, 0.6) is 0 Å². The third-order valence-corrected chi connectivity index (χ3v) is 3.08. The van der Waals surface area contributed by atoms with Gasteiger partial charge in [-0.1, -0.05) is 18.3 Å². The molecule has 0 aliphatic heterocycles. The van der Waals surface area contributed by atoms with Crippen LogP contribution in [-0.2, 0) is 6.54 Å². The van der Waals surface area contributed by atoms with Gasteiger partial charge in [0.15, 0.2) is 0 Å². The molecule has 1 heterocycles. The number of aromatic nitrogens is 1. The molecule has 0 unspecified atom stereocenters. The predicted molar refractivity (Wildman–Crippen MR) is 85.3 cm³/mol. The number of nitrogens with two attached hydrogens (primary N) is 1. The van der Waals surface area contributed by atoms with Gasteiger partial charge in [0.05, 0.1) is 0 Å². The first-order valence-corrected chi connectivity index (χ1v) is 6.68. The Hall–Kier alpha value is -2.16. The molecule has 0 atom stereocenters. The lowest BCUT2D eigenvalue weighted by molar-refractivity contribution is 0.782. The van der Waals surface area contributed by atoms with Crippen molar-refractivity contribution in [2.75, 3.05) is 6.54 Å². The minimum absolute atomic E-state index is 0.579. The van der Waals surface area contributed by atoms with Gasteiger partial charge in [0.25, 0.3) is 0 Å². The summed E-state index contributed by atoms with van der Waals surface area (Å²) in [6, 6.07) is 10.0. The van der Waals surface area contributed by atoms with E-state index in [2.05, 4.69) is 22.4 Å². The molecule has 0 bridgehead atoms. The molecular weight excluding hydrogens is 268 g/mol. The summed E-state index contributed by atoms with van der Waals surface area (Å²) in [5.74, 6) is 0. The molecule has 2 aromatic rings. The zero-order valence-corrected chi connectivity index (χ0v) is 12.1. The van der Waals surface area contributed by atoms with Gasteiger partial charge >= 0.3 is 0 Å². The summed E-state index contributed by atoms with van der Waals surface area (Å²) in [7, 11) is 0. The van der Waals surface area contributed by atoms with E-state index in [9.17, 15) is 0 Å². The number of aromatic amines is 1. The third-order valence-electron chi connectivity index (χ3n) is 2.82. The number of hydrogen-bond donors (Lipinski definition) is 3. The number of nitrogens with zero attached hydrogens (tertiary/aromatic N) is 1. The average molecular weight is 284 g/mol. The summed E-state index contributed by atoms with van der Waals surface area (Å²) >= 11 is 5.18. The minimum Gasteiger partial charge on any atom is -0.402 e. The lowest BCUT2D eigenvalue weighted by Gasteiger charge is -2.04. The fourth-order valence-electron chi connectivity index (χ4n) is 1.99. The zero-order chi connectivity index (χ0) is 14.5. The van der Waals surface area contributed by atoms with Crippen molar-refractivity contribution in [3.63, 3.8) is 0 Å². The van der Waals surface area contributed by atoms with Gasteiger partial charge in [0.2, 0.25) is 0 Å². The first kappa shape index (κ1) is 14.3. The smallest absolute Gasteiger partial charge is 0.118 e. The number of fused-ring (bicyclic) bond motifs is 1. The van der Waals surface area contributed by atoms with E-state index in [0.717, 1.165) is 33.6 Å². The summed E-state index contributed by atoms with van der Waals surface area (Å²) in [4.78, 5) is 3.84. The van der Waals surface area contributed by atoms with Gasteiger partial charge in [0.1, 0.15) is 11.8 Å². The number of H-pyrrole nitrogens is 1. The zero-order valence-electron chi connectivity index (χ0n) is 11.2. The number of benzene rings is 1.